The Morgan fingerprint density at radius 2 is 2.17 bits per heavy atom. The van der Waals surface area contributed by atoms with Gasteiger partial charge < -0.3 is 9.84 Å². The van der Waals surface area contributed by atoms with Crippen molar-refractivity contribution in [2.45, 2.75) is 18.6 Å². The van der Waals surface area contributed by atoms with Gasteiger partial charge in [-0.1, -0.05) is 0 Å². The standard InChI is InChI=1S/C9H16N4O4S/c1-7-8(6-14)9(11-10-7)18(15,16)12-13-2-4-17-5-3-13/h12,14H,2-6H2,1H3,(H,10,11). The lowest BCUT2D eigenvalue weighted by Crippen LogP contribution is -2.48. The highest BCUT2D eigenvalue weighted by molar-refractivity contribution is 7.89. The van der Waals surface area contributed by atoms with E-state index in [0.717, 1.165) is 0 Å². The number of aliphatic hydroxyl groups is 1. The van der Waals surface area contributed by atoms with Crippen LogP contribution in [0.25, 0.3) is 0 Å². The molecule has 0 aromatic carbocycles. The molecular weight excluding hydrogens is 260 g/mol. The monoisotopic (exact) mass is 276 g/mol. The summed E-state index contributed by atoms with van der Waals surface area (Å²) in [6.07, 6.45) is 0. The Kier molecular flexibility index (Phi) is 3.97. The Morgan fingerprint density at radius 1 is 1.50 bits per heavy atom. The van der Waals surface area contributed by atoms with E-state index in [2.05, 4.69) is 15.0 Å². The topological polar surface area (TPSA) is 108 Å². The molecule has 1 aromatic heterocycles. The first-order valence-electron chi connectivity index (χ1n) is 5.54. The molecule has 1 aliphatic rings. The molecule has 1 aromatic rings. The van der Waals surface area contributed by atoms with Gasteiger partial charge in [0.1, 0.15) is 0 Å². The van der Waals surface area contributed by atoms with Gasteiger partial charge in [-0.3, -0.25) is 5.10 Å². The predicted molar refractivity (Wildman–Crippen MR) is 62.0 cm³/mol. The lowest BCUT2D eigenvalue weighted by Gasteiger charge is -2.26. The third-order valence-electron chi connectivity index (χ3n) is 2.71. The van der Waals surface area contributed by atoms with Crippen LogP contribution >= 0.6 is 0 Å². The second-order valence-corrected chi connectivity index (χ2v) is 5.56. The van der Waals surface area contributed by atoms with Gasteiger partial charge in [0.05, 0.1) is 19.8 Å². The van der Waals surface area contributed by atoms with Crippen molar-refractivity contribution in [2.75, 3.05) is 26.3 Å². The van der Waals surface area contributed by atoms with E-state index < -0.39 is 10.0 Å². The van der Waals surface area contributed by atoms with Crippen molar-refractivity contribution in [3.63, 3.8) is 0 Å². The quantitative estimate of drug-likeness (QED) is 0.633. The fourth-order valence-corrected chi connectivity index (χ4v) is 3.02. The number of nitrogens with zero attached hydrogens (tertiary/aromatic N) is 2. The van der Waals surface area contributed by atoms with Crippen molar-refractivity contribution in [1.82, 2.24) is 20.0 Å². The third kappa shape index (κ3) is 2.70. The van der Waals surface area contributed by atoms with Gasteiger partial charge in [-0.2, -0.15) is 5.10 Å². The van der Waals surface area contributed by atoms with Crippen LogP contribution in [0, 0.1) is 6.92 Å². The summed E-state index contributed by atoms with van der Waals surface area (Å²) in [4.78, 5) is 2.43. The summed E-state index contributed by atoms with van der Waals surface area (Å²) in [7, 11) is -3.76. The summed E-state index contributed by atoms with van der Waals surface area (Å²) in [5, 5.41) is 16.9. The first-order chi connectivity index (χ1) is 8.54. The fourth-order valence-electron chi connectivity index (χ4n) is 1.71. The van der Waals surface area contributed by atoms with E-state index in [0.29, 0.717) is 32.0 Å². The van der Waals surface area contributed by atoms with Crippen LogP contribution in [0.1, 0.15) is 11.3 Å². The highest BCUT2D eigenvalue weighted by Crippen LogP contribution is 2.16. The first-order valence-corrected chi connectivity index (χ1v) is 7.03. The van der Waals surface area contributed by atoms with E-state index in [1.54, 1.807) is 11.9 Å². The van der Waals surface area contributed by atoms with Crippen LogP contribution in [0.2, 0.25) is 0 Å². The molecule has 1 aliphatic heterocycles. The van der Waals surface area contributed by atoms with Gasteiger partial charge in [-0.15, -0.1) is 4.83 Å². The van der Waals surface area contributed by atoms with Gasteiger partial charge >= 0.3 is 0 Å². The van der Waals surface area contributed by atoms with Crippen LogP contribution in [0.5, 0.6) is 0 Å². The molecule has 3 N–H and O–H groups in total. The molecule has 2 rings (SSSR count). The van der Waals surface area contributed by atoms with Crippen LogP contribution in [0.3, 0.4) is 0 Å². The smallest absolute Gasteiger partial charge is 0.273 e. The average molecular weight is 276 g/mol. The average Bonchev–Trinajstić information content (AvgIpc) is 2.72. The second kappa shape index (κ2) is 5.33. The maximum absolute atomic E-state index is 12.1. The number of hydrogen-bond donors (Lipinski definition) is 3. The Balaban J connectivity index is 2.19. The largest absolute Gasteiger partial charge is 0.392 e. The summed E-state index contributed by atoms with van der Waals surface area (Å²) in [5.74, 6) is 0. The Bertz CT molecular complexity index is 507. The summed E-state index contributed by atoms with van der Waals surface area (Å²) in [6.45, 7) is 3.21. The molecule has 18 heavy (non-hydrogen) atoms. The lowest BCUT2D eigenvalue weighted by molar-refractivity contribution is 0.0271. The van der Waals surface area contributed by atoms with Gasteiger partial charge in [-0.25, -0.2) is 13.4 Å². The van der Waals surface area contributed by atoms with Crippen molar-refractivity contribution >= 4 is 10.0 Å². The third-order valence-corrected chi connectivity index (χ3v) is 4.05. The highest BCUT2D eigenvalue weighted by Gasteiger charge is 2.26. The molecule has 102 valence electrons. The number of H-pyrrole nitrogens is 1. The molecule has 0 spiro atoms. The number of nitrogens with one attached hydrogen (secondary N) is 2. The minimum atomic E-state index is -3.76. The van der Waals surface area contributed by atoms with Gasteiger partial charge in [0.2, 0.25) is 0 Å². The Morgan fingerprint density at radius 3 is 2.78 bits per heavy atom. The molecule has 0 unspecified atom stereocenters. The number of aromatic nitrogens is 2. The van der Waals surface area contributed by atoms with Crippen LogP contribution in [-0.4, -0.2) is 55.0 Å². The van der Waals surface area contributed by atoms with Crippen LogP contribution in [0.4, 0.5) is 0 Å². The summed E-state index contributed by atoms with van der Waals surface area (Å²) in [5.41, 5.74) is 0.829. The zero-order chi connectivity index (χ0) is 13.2. The van der Waals surface area contributed by atoms with Gasteiger partial charge in [0.15, 0.2) is 5.03 Å². The number of ether oxygens (including phenoxy) is 1. The number of aryl methyl sites for hydroxylation is 1. The van der Waals surface area contributed by atoms with E-state index in [1.165, 1.54) is 0 Å². The summed E-state index contributed by atoms with van der Waals surface area (Å²) < 4.78 is 29.3. The highest BCUT2D eigenvalue weighted by atomic mass is 32.2. The van der Waals surface area contributed by atoms with Crippen molar-refractivity contribution in [3.05, 3.63) is 11.3 Å². The van der Waals surface area contributed by atoms with Crippen molar-refractivity contribution in [3.8, 4) is 0 Å². The Hall–Kier alpha value is -1.00. The maximum atomic E-state index is 12.1. The van der Waals surface area contributed by atoms with Crippen LogP contribution in [-0.2, 0) is 21.4 Å². The predicted octanol–water partition coefficient (Wildman–Crippen LogP) is -1.26. The number of aliphatic hydroxyl groups excluding tert-OH is 1. The van der Waals surface area contributed by atoms with Crippen molar-refractivity contribution < 1.29 is 18.3 Å². The molecule has 0 bridgehead atoms. The molecule has 1 fully saturated rings. The molecule has 9 heteroatoms. The maximum Gasteiger partial charge on any atom is 0.273 e. The van der Waals surface area contributed by atoms with E-state index in [1.807, 2.05) is 0 Å². The zero-order valence-corrected chi connectivity index (χ0v) is 10.8. The number of sulfonamides is 1. The summed E-state index contributed by atoms with van der Waals surface area (Å²) in [6, 6.07) is 0. The van der Waals surface area contributed by atoms with Crippen LogP contribution in [0.15, 0.2) is 5.03 Å². The van der Waals surface area contributed by atoms with E-state index in [-0.39, 0.29) is 17.2 Å². The van der Waals surface area contributed by atoms with Gasteiger partial charge in [0, 0.05) is 24.3 Å². The molecule has 2 heterocycles. The molecular formula is C9H16N4O4S. The zero-order valence-electron chi connectivity index (χ0n) is 10.0. The molecule has 8 nitrogen and oxygen atoms in total. The number of morpholine rings is 1. The number of hydrogen-bond acceptors (Lipinski definition) is 6. The fraction of sp³-hybridized carbons (Fsp3) is 0.667. The molecule has 0 saturated carbocycles. The molecule has 0 atom stereocenters. The van der Waals surface area contributed by atoms with Crippen molar-refractivity contribution in [2.24, 2.45) is 0 Å². The molecule has 0 aliphatic carbocycles. The molecule has 0 radical (unpaired) electrons. The second-order valence-electron chi connectivity index (χ2n) is 3.98. The van der Waals surface area contributed by atoms with Gasteiger partial charge in [0.25, 0.3) is 10.0 Å². The van der Waals surface area contributed by atoms with E-state index in [4.69, 9.17) is 4.74 Å². The Labute approximate surface area is 105 Å². The van der Waals surface area contributed by atoms with Crippen molar-refractivity contribution in [1.29, 1.82) is 0 Å². The van der Waals surface area contributed by atoms with Crippen LogP contribution < -0.4 is 4.83 Å². The minimum absolute atomic E-state index is 0.158. The number of rotatable bonds is 4. The lowest BCUT2D eigenvalue weighted by atomic mass is 10.3. The molecule has 0 amide bonds. The SMILES string of the molecule is Cc1[nH]nc(S(=O)(=O)NN2CCOCC2)c1CO. The number of aromatic amines is 1. The van der Waals surface area contributed by atoms with Gasteiger partial charge in [-0.05, 0) is 6.92 Å². The summed E-state index contributed by atoms with van der Waals surface area (Å²) >= 11 is 0. The minimum Gasteiger partial charge on any atom is -0.392 e. The normalized spacial score (nSPS) is 18.1. The van der Waals surface area contributed by atoms with E-state index in [9.17, 15) is 13.5 Å². The van der Waals surface area contributed by atoms with E-state index >= 15 is 0 Å². The first kappa shape index (κ1) is 13.4. The number of hydrazine groups is 1. The molecule has 1 saturated heterocycles.